The zero-order chi connectivity index (χ0) is 14.7. The van der Waals surface area contributed by atoms with E-state index in [4.69, 9.17) is 4.74 Å². The van der Waals surface area contributed by atoms with Crippen LogP contribution in [0, 0.1) is 6.92 Å². The van der Waals surface area contributed by atoms with Crippen molar-refractivity contribution >= 4 is 15.9 Å². The van der Waals surface area contributed by atoms with Gasteiger partial charge in [0.25, 0.3) is 0 Å². The Hall–Kier alpha value is -1.32. The number of nitrogens with one attached hydrogen (secondary N) is 1. The lowest BCUT2D eigenvalue weighted by Crippen LogP contribution is -2.15. The summed E-state index contributed by atoms with van der Waals surface area (Å²) in [4.78, 5) is 0. The molecule has 0 atom stereocenters. The normalized spacial score (nSPS) is 14.2. The second kappa shape index (κ2) is 6.63. The minimum absolute atomic E-state index is 0.606. The first-order chi connectivity index (χ1) is 10.2. The summed E-state index contributed by atoms with van der Waals surface area (Å²) >= 11 is 3.49. The van der Waals surface area contributed by atoms with Gasteiger partial charge in [-0.05, 0) is 48.6 Å². The molecule has 0 aromatic heterocycles. The summed E-state index contributed by atoms with van der Waals surface area (Å²) in [6.07, 6.45) is 2.65. The molecule has 0 bridgehead atoms. The van der Waals surface area contributed by atoms with Crippen LogP contribution in [0.3, 0.4) is 0 Å². The van der Waals surface area contributed by atoms with Gasteiger partial charge < -0.3 is 10.1 Å². The van der Waals surface area contributed by atoms with Crippen LogP contribution in [0.5, 0.6) is 5.75 Å². The van der Waals surface area contributed by atoms with Gasteiger partial charge in [0.15, 0.2) is 0 Å². The number of benzene rings is 2. The average Bonchev–Trinajstić information content (AvgIpc) is 3.31. The van der Waals surface area contributed by atoms with E-state index in [1.807, 2.05) is 12.1 Å². The molecule has 2 aromatic carbocycles. The molecule has 2 aromatic rings. The molecule has 0 spiro atoms. The van der Waals surface area contributed by atoms with Crippen molar-refractivity contribution in [3.05, 3.63) is 63.6 Å². The van der Waals surface area contributed by atoms with Crippen molar-refractivity contribution in [3.63, 3.8) is 0 Å². The van der Waals surface area contributed by atoms with E-state index in [1.165, 1.54) is 24.0 Å². The first kappa shape index (κ1) is 14.6. The Morgan fingerprint density at radius 2 is 1.95 bits per heavy atom. The van der Waals surface area contributed by atoms with Gasteiger partial charge in [-0.15, -0.1) is 0 Å². The molecule has 1 N–H and O–H groups in total. The highest BCUT2D eigenvalue weighted by atomic mass is 79.9. The highest BCUT2D eigenvalue weighted by molar-refractivity contribution is 9.10. The van der Waals surface area contributed by atoms with Crippen molar-refractivity contribution in [2.45, 2.75) is 39.0 Å². The molecule has 21 heavy (non-hydrogen) atoms. The molecule has 2 nitrogen and oxygen atoms in total. The zero-order valence-electron chi connectivity index (χ0n) is 12.2. The molecule has 0 saturated heterocycles. The number of aryl methyl sites for hydroxylation is 1. The molecule has 110 valence electrons. The molecule has 1 fully saturated rings. The van der Waals surface area contributed by atoms with Crippen LogP contribution in [-0.2, 0) is 13.2 Å². The third-order valence-corrected chi connectivity index (χ3v) is 4.20. The minimum atomic E-state index is 0.606. The van der Waals surface area contributed by atoms with Crippen molar-refractivity contribution in [1.82, 2.24) is 5.32 Å². The molecular weight excluding hydrogens is 326 g/mol. The molecule has 0 unspecified atom stereocenters. The van der Waals surface area contributed by atoms with E-state index in [0.29, 0.717) is 6.61 Å². The van der Waals surface area contributed by atoms with Crippen LogP contribution in [-0.4, -0.2) is 6.04 Å². The van der Waals surface area contributed by atoms with E-state index in [0.717, 1.165) is 28.4 Å². The number of halogens is 1. The lowest BCUT2D eigenvalue weighted by molar-refractivity contribution is 0.304. The predicted molar refractivity (Wildman–Crippen MR) is 89.5 cm³/mol. The fourth-order valence-electron chi connectivity index (χ4n) is 2.27. The quantitative estimate of drug-likeness (QED) is 0.826. The third kappa shape index (κ3) is 4.32. The van der Waals surface area contributed by atoms with Crippen molar-refractivity contribution in [2.24, 2.45) is 0 Å². The van der Waals surface area contributed by atoms with Gasteiger partial charge in [-0.1, -0.05) is 46.3 Å². The van der Waals surface area contributed by atoms with Crippen LogP contribution < -0.4 is 10.1 Å². The van der Waals surface area contributed by atoms with Gasteiger partial charge in [0, 0.05) is 17.1 Å². The Kier molecular flexibility index (Phi) is 4.61. The van der Waals surface area contributed by atoms with Crippen LogP contribution in [0.1, 0.15) is 29.5 Å². The molecule has 3 heteroatoms. The van der Waals surface area contributed by atoms with Gasteiger partial charge in [-0.2, -0.15) is 0 Å². The average molecular weight is 346 g/mol. The molecule has 1 aliphatic rings. The lowest BCUT2D eigenvalue weighted by Gasteiger charge is -2.11. The number of hydrogen-bond donors (Lipinski definition) is 1. The zero-order valence-corrected chi connectivity index (χ0v) is 13.8. The molecular formula is C18H20BrNO. The third-order valence-electron chi connectivity index (χ3n) is 3.71. The van der Waals surface area contributed by atoms with Crippen LogP contribution in [0.25, 0.3) is 0 Å². The van der Waals surface area contributed by atoms with Gasteiger partial charge >= 0.3 is 0 Å². The van der Waals surface area contributed by atoms with E-state index in [-0.39, 0.29) is 0 Å². The van der Waals surface area contributed by atoms with E-state index >= 15 is 0 Å². The molecule has 0 heterocycles. The Balaban J connectivity index is 1.61. The first-order valence-electron chi connectivity index (χ1n) is 7.41. The smallest absolute Gasteiger partial charge is 0.123 e. The van der Waals surface area contributed by atoms with Crippen LogP contribution in [0.4, 0.5) is 0 Å². The Bertz CT molecular complexity index is 622. The van der Waals surface area contributed by atoms with E-state index in [9.17, 15) is 0 Å². The Morgan fingerprint density at radius 1 is 1.14 bits per heavy atom. The highest BCUT2D eigenvalue weighted by Crippen LogP contribution is 2.24. The Labute approximate surface area is 134 Å². The Morgan fingerprint density at radius 3 is 2.76 bits per heavy atom. The largest absolute Gasteiger partial charge is 0.489 e. The van der Waals surface area contributed by atoms with Crippen LogP contribution in [0.2, 0.25) is 0 Å². The van der Waals surface area contributed by atoms with E-state index in [1.54, 1.807) is 0 Å². The second-order valence-electron chi connectivity index (χ2n) is 5.67. The van der Waals surface area contributed by atoms with Gasteiger partial charge in [-0.3, -0.25) is 0 Å². The summed E-state index contributed by atoms with van der Waals surface area (Å²) in [5.74, 6) is 0.936. The SMILES string of the molecule is Cc1ccc(Br)cc1OCc1cccc(CNC2CC2)c1. The maximum absolute atomic E-state index is 5.95. The summed E-state index contributed by atoms with van der Waals surface area (Å²) in [5.41, 5.74) is 3.70. The first-order valence-corrected chi connectivity index (χ1v) is 8.20. The summed E-state index contributed by atoms with van der Waals surface area (Å²) in [6, 6.07) is 15.5. The van der Waals surface area contributed by atoms with Gasteiger partial charge in [-0.25, -0.2) is 0 Å². The van der Waals surface area contributed by atoms with Crippen LogP contribution >= 0.6 is 15.9 Å². The number of rotatable bonds is 6. The number of ether oxygens (including phenoxy) is 1. The maximum atomic E-state index is 5.95. The van der Waals surface area contributed by atoms with Crippen molar-refractivity contribution in [1.29, 1.82) is 0 Å². The topological polar surface area (TPSA) is 21.3 Å². The molecule has 3 rings (SSSR count). The van der Waals surface area contributed by atoms with Crippen molar-refractivity contribution < 1.29 is 4.74 Å². The van der Waals surface area contributed by atoms with Gasteiger partial charge in [0.1, 0.15) is 12.4 Å². The van der Waals surface area contributed by atoms with Crippen LogP contribution in [0.15, 0.2) is 46.9 Å². The van der Waals surface area contributed by atoms with E-state index < -0.39 is 0 Å². The molecule has 0 amide bonds. The minimum Gasteiger partial charge on any atom is -0.489 e. The summed E-state index contributed by atoms with van der Waals surface area (Å²) in [6.45, 7) is 3.63. The standard InChI is InChI=1S/C18H20BrNO/c1-13-5-6-16(19)10-18(13)21-12-15-4-2-3-14(9-15)11-20-17-7-8-17/h2-6,9-10,17,20H,7-8,11-12H2,1H3. The second-order valence-corrected chi connectivity index (χ2v) is 6.59. The summed E-state index contributed by atoms with van der Waals surface area (Å²) < 4.78 is 6.99. The molecule has 0 aliphatic heterocycles. The van der Waals surface area contributed by atoms with Crippen molar-refractivity contribution in [2.75, 3.05) is 0 Å². The number of hydrogen-bond acceptors (Lipinski definition) is 2. The fourth-order valence-corrected chi connectivity index (χ4v) is 2.61. The lowest BCUT2D eigenvalue weighted by atomic mass is 10.1. The van der Waals surface area contributed by atoms with Crippen molar-refractivity contribution in [3.8, 4) is 5.75 Å². The molecule has 1 saturated carbocycles. The van der Waals surface area contributed by atoms with E-state index in [2.05, 4.69) is 58.5 Å². The predicted octanol–water partition coefficient (Wildman–Crippen LogP) is 4.59. The summed E-state index contributed by atoms with van der Waals surface area (Å²) in [5, 5.41) is 3.54. The maximum Gasteiger partial charge on any atom is 0.123 e. The highest BCUT2D eigenvalue weighted by Gasteiger charge is 2.19. The monoisotopic (exact) mass is 345 g/mol. The molecule has 1 aliphatic carbocycles. The summed E-state index contributed by atoms with van der Waals surface area (Å²) in [7, 11) is 0. The van der Waals surface area contributed by atoms with Gasteiger partial charge in [0.2, 0.25) is 0 Å². The van der Waals surface area contributed by atoms with Gasteiger partial charge in [0.05, 0.1) is 0 Å². The fraction of sp³-hybridized carbons (Fsp3) is 0.333. The molecule has 0 radical (unpaired) electrons.